The van der Waals surface area contributed by atoms with Gasteiger partial charge in [-0.3, -0.25) is 19.2 Å². The predicted molar refractivity (Wildman–Crippen MR) is 114 cm³/mol. The van der Waals surface area contributed by atoms with E-state index in [1.807, 2.05) is 0 Å². The van der Waals surface area contributed by atoms with E-state index in [1.54, 1.807) is 41.5 Å². The maximum Gasteiger partial charge on any atom is 0.326 e. The van der Waals surface area contributed by atoms with Crippen LogP contribution >= 0.6 is 0 Å². The average molecular weight is 444 g/mol. The summed E-state index contributed by atoms with van der Waals surface area (Å²) in [6, 6.07) is -4.45. The normalized spacial score (nSPS) is 16.0. The minimum atomic E-state index is -1.40. The Morgan fingerprint density at radius 1 is 0.806 bits per heavy atom. The molecule has 5 unspecified atom stereocenters. The van der Waals surface area contributed by atoms with Crippen LogP contribution in [-0.4, -0.2) is 58.9 Å². The maximum atomic E-state index is 12.8. The van der Waals surface area contributed by atoms with Crippen LogP contribution in [0.2, 0.25) is 0 Å². The zero-order chi connectivity index (χ0) is 24.5. The van der Waals surface area contributed by atoms with Gasteiger partial charge in [0.05, 0.1) is 12.5 Å². The van der Waals surface area contributed by atoms with Crippen LogP contribution in [0.25, 0.3) is 0 Å². The van der Waals surface area contributed by atoms with Gasteiger partial charge in [0, 0.05) is 0 Å². The van der Waals surface area contributed by atoms with E-state index >= 15 is 0 Å². The molecular formula is C20H37N5O6. The lowest BCUT2D eigenvalue weighted by molar-refractivity contribution is -0.144. The van der Waals surface area contributed by atoms with Gasteiger partial charge in [0.15, 0.2) is 0 Å². The molecule has 0 aromatic carbocycles. The SMILES string of the molecule is CCC(C)C(NC(=O)C(CC(N)=O)NC(=O)C(NC(=O)C(N)C(C)C)C(C)C)C(=O)O. The molecule has 0 saturated carbocycles. The number of carbonyl (C=O) groups is 5. The molecule has 0 aliphatic carbocycles. The van der Waals surface area contributed by atoms with Gasteiger partial charge in [0.25, 0.3) is 0 Å². The Hall–Kier alpha value is -2.69. The molecule has 0 fully saturated rings. The van der Waals surface area contributed by atoms with Gasteiger partial charge in [-0.2, -0.15) is 0 Å². The van der Waals surface area contributed by atoms with Gasteiger partial charge in [-0.25, -0.2) is 4.79 Å². The molecule has 178 valence electrons. The second-order valence-corrected chi connectivity index (χ2v) is 8.44. The number of hydrogen-bond acceptors (Lipinski definition) is 6. The third kappa shape index (κ3) is 9.33. The van der Waals surface area contributed by atoms with Crippen molar-refractivity contribution in [1.29, 1.82) is 0 Å². The van der Waals surface area contributed by atoms with Crippen LogP contribution < -0.4 is 27.4 Å². The summed E-state index contributed by atoms with van der Waals surface area (Å²) in [7, 11) is 0. The Bertz CT molecular complexity index is 666. The largest absolute Gasteiger partial charge is 0.480 e. The second-order valence-electron chi connectivity index (χ2n) is 8.44. The van der Waals surface area contributed by atoms with Crippen molar-refractivity contribution >= 4 is 29.6 Å². The summed E-state index contributed by atoms with van der Waals surface area (Å²) < 4.78 is 0. The molecule has 0 spiro atoms. The fraction of sp³-hybridized carbons (Fsp3) is 0.750. The van der Waals surface area contributed by atoms with Gasteiger partial charge < -0.3 is 32.5 Å². The molecule has 0 radical (unpaired) electrons. The maximum absolute atomic E-state index is 12.8. The number of nitrogens with two attached hydrogens (primary N) is 2. The van der Waals surface area contributed by atoms with Crippen LogP contribution in [0, 0.1) is 17.8 Å². The summed E-state index contributed by atoms with van der Waals surface area (Å²) in [5, 5.41) is 16.7. The number of carboxylic acids is 1. The molecule has 31 heavy (non-hydrogen) atoms. The van der Waals surface area contributed by atoms with Crippen molar-refractivity contribution in [3.05, 3.63) is 0 Å². The molecule has 0 aromatic heterocycles. The zero-order valence-corrected chi connectivity index (χ0v) is 19.1. The van der Waals surface area contributed by atoms with Gasteiger partial charge in [-0.1, -0.05) is 48.0 Å². The van der Waals surface area contributed by atoms with E-state index in [9.17, 15) is 29.1 Å². The van der Waals surface area contributed by atoms with Gasteiger partial charge in [0.1, 0.15) is 18.1 Å². The first-order chi connectivity index (χ1) is 14.2. The van der Waals surface area contributed by atoms with E-state index in [-0.39, 0.29) is 17.8 Å². The van der Waals surface area contributed by atoms with Crippen molar-refractivity contribution in [1.82, 2.24) is 16.0 Å². The number of rotatable bonds is 13. The number of nitrogens with one attached hydrogen (secondary N) is 3. The molecule has 0 aliphatic heterocycles. The Balaban J connectivity index is 5.52. The molecule has 0 saturated heterocycles. The molecule has 0 aromatic rings. The number of aliphatic carboxylic acids is 1. The summed E-state index contributed by atoms with van der Waals surface area (Å²) in [6.45, 7) is 10.3. The molecule has 0 aliphatic rings. The first kappa shape index (κ1) is 28.3. The lowest BCUT2D eigenvalue weighted by atomic mass is 9.98. The first-order valence-electron chi connectivity index (χ1n) is 10.4. The van der Waals surface area contributed by atoms with Crippen molar-refractivity contribution in [3.8, 4) is 0 Å². The summed E-state index contributed by atoms with van der Waals surface area (Å²) in [6.07, 6.45) is -0.0453. The van der Waals surface area contributed by atoms with Crippen molar-refractivity contribution < 1.29 is 29.1 Å². The third-order valence-corrected chi connectivity index (χ3v) is 5.08. The number of carboxylic acid groups (broad SMARTS) is 1. The van der Waals surface area contributed by atoms with E-state index in [4.69, 9.17) is 11.5 Å². The molecule has 11 nitrogen and oxygen atoms in total. The van der Waals surface area contributed by atoms with E-state index in [0.29, 0.717) is 6.42 Å². The highest BCUT2D eigenvalue weighted by atomic mass is 16.4. The fourth-order valence-corrected chi connectivity index (χ4v) is 2.70. The summed E-state index contributed by atoms with van der Waals surface area (Å²) >= 11 is 0. The van der Waals surface area contributed by atoms with Crippen LogP contribution in [0.5, 0.6) is 0 Å². The second kappa shape index (κ2) is 12.9. The minimum absolute atomic E-state index is 0.155. The molecule has 5 atom stereocenters. The monoisotopic (exact) mass is 443 g/mol. The molecule has 4 amide bonds. The van der Waals surface area contributed by atoms with Crippen LogP contribution in [0.15, 0.2) is 0 Å². The third-order valence-electron chi connectivity index (χ3n) is 5.08. The lowest BCUT2D eigenvalue weighted by Gasteiger charge is -2.28. The molecule has 0 heterocycles. The van der Waals surface area contributed by atoms with Gasteiger partial charge in [0.2, 0.25) is 23.6 Å². The van der Waals surface area contributed by atoms with Crippen molar-refractivity contribution in [2.24, 2.45) is 29.2 Å². The van der Waals surface area contributed by atoms with Crippen molar-refractivity contribution in [2.45, 2.75) is 78.6 Å². The Morgan fingerprint density at radius 3 is 1.71 bits per heavy atom. The van der Waals surface area contributed by atoms with E-state index in [2.05, 4.69) is 16.0 Å². The van der Waals surface area contributed by atoms with Crippen LogP contribution in [0.1, 0.15) is 54.4 Å². The quantitative estimate of drug-likeness (QED) is 0.212. The number of carbonyl (C=O) groups excluding carboxylic acids is 4. The smallest absolute Gasteiger partial charge is 0.326 e. The highest BCUT2D eigenvalue weighted by Gasteiger charge is 2.33. The molecule has 0 bridgehead atoms. The average Bonchev–Trinajstić information content (AvgIpc) is 2.66. The van der Waals surface area contributed by atoms with Gasteiger partial charge in [-0.15, -0.1) is 0 Å². The minimum Gasteiger partial charge on any atom is -0.480 e. The first-order valence-corrected chi connectivity index (χ1v) is 10.4. The highest BCUT2D eigenvalue weighted by molar-refractivity contribution is 5.96. The summed E-state index contributed by atoms with van der Waals surface area (Å²) in [4.78, 5) is 60.7. The van der Waals surface area contributed by atoms with E-state index in [0.717, 1.165) is 0 Å². The molecule has 11 heteroatoms. The van der Waals surface area contributed by atoms with Crippen LogP contribution in [0.4, 0.5) is 0 Å². The summed E-state index contributed by atoms with van der Waals surface area (Å²) in [5.74, 6) is -5.08. The highest BCUT2D eigenvalue weighted by Crippen LogP contribution is 2.10. The zero-order valence-electron chi connectivity index (χ0n) is 19.1. The van der Waals surface area contributed by atoms with E-state index in [1.165, 1.54) is 0 Å². The number of hydrogen-bond donors (Lipinski definition) is 6. The molecule has 8 N–H and O–H groups in total. The number of primary amides is 1. The molecular weight excluding hydrogens is 406 g/mol. The Morgan fingerprint density at radius 2 is 1.32 bits per heavy atom. The van der Waals surface area contributed by atoms with Crippen LogP contribution in [0.3, 0.4) is 0 Å². The van der Waals surface area contributed by atoms with Crippen molar-refractivity contribution in [3.63, 3.8) is 0 Å². The molecule has 0 rings (SSSR count). The van der Waals surface area contributed by atoms with Crippen molar-refractivity contribution in [2.75, 3.05) is 0 Å². The summed E-state index contributed by atoms with van der Waals surface area (Å²) in [5.41, 5.74) is 11.0. The van der Waals surface area contributed by atoms with Gasteiger partial charge in [-0.05, 0) is 17.8 Å². The van der Waals surface area contributed by atoms with Gasteiger partial charge >= 0.3 is 5.97 Å². The topological polar surface area (TPSA) is 194 Å². The Kier molecular flexibility index (Phi) is 11.8. The standard InChI is InChI=1S/C20H37N5O6/c1-7-11(6)16(20(30)31)25-17(27)12(8-13(21)26)23-19(29)15(10(4)5)24-18(28)14(22)9(2)3/h9-12,14-16H,7-8,22H2,1-6H3,(H2,21,26)(H,23,29)(H,24,28)(H,25,27)(H,30,31). The fourth-order valence-electron chi connectivity index (χ4n) is 2.70. The number of amides is 4. The Labute approximate surface area is 183 Å². The lowest BCUT2D eigenvalue weighted by Crippen LogP contribution is -2.59. The van der Waals surface area contributed by atoms with Crippen LogP contribution in [-0.2, 0) is 24.0 Å². The predicted octanol–water partition coefficient (Wildman–Crippen LogP) is -0.914. The van der Waals surface area contributed by atoms with E-state index < -0.39 is 60.2 Å².